The number of benzene rings is 1. The number of rotatable bonds is 3. The fourth-order valence-electron chi connectivity index (χ4n) is 3.64. The Morgan fingerprint density at radius 1 is 1.04 bits per heavy atom. The summed E-state index contributed by atoms with van der Waals surface area (Å²) in [7, 11) is 0. The summed E-state index contributed by atoms with van der Waals surface area (Å²) in [6.07, 6.45) is 0.572. The molecule has 1 fully saturated rings. The molecule has 0 saturated heterocycles. The van der Waals surface area contributed by atoms with Crippen molar-refractivity contribution in [1.82, 2.24) is 15.0 Å². The topological polar surface area (TPSA) is 94.1 Å². The molecule has 3 aromatic rings. The minimum atomic E-state index is -0.693. The molecule has 3 atom stereocenters. The molecule has 0 amide bonds. The van der Waals surface area contributed by atoms with Crippen LogP contribution in [0.4, 0.5) is 5.82 Å². The number of H-pyrrole nitrogens is 1. The van der Waals surface area contributed by atoms with Gasteiger partial charge in [0.25, 0.3) is 0 Å². The van der Waals surface area contributed by atoms with Gasteiger partial charge in [-0.2, -0.15) is 0 Å². The molecule has 4 rings (SSSR count). The number of hydrogen-bond donors (Lipinski definition) is 4. The zero-order chi connectivity index (χ0) is 18.3. The number of aromatic amines is 1. The Hall–Kier alpha value is -2.44. The van der Waals surface area contributed by atoms with Gasteiger partial charge in [-0.1, -0.05) is 30.3 Å². The van der Waals surface area contributed by atoms with Crippen LogP contribution in [0, 0.1) is 13.8 Å². The molecule has 4 N–H and O–H groups in total. The number of aliphatic hydroxyl groups excluding tert-OH is 2. The molecule has 0 spiro atoms. The highest BCUT2D eigenvalue weighted by atomic mass is 16.3. The lowest BCUT2D eigenvalue weighted by atomic mass is 9.90. The lowest BCUT2D eigenvalue weighted by Crippen LogP contribution is -2.39. The van der Waals surface area contributed by atoms with Crippen LogP contribution < -0.4 is 5.32 Å². The smallest absolute Gasteiger partial charge is 0.163 e. The number of nitrogens with zero attached hydrogens (tertiary/aromatic N) is 2. The average molecular weight is 352 g/mol. The monoisotopic (exact) mass is 352 g/mol. The first-order valence-corrected chi connectivity index (χ1v) is 9.08. The Kier molecular flexibility index (Phi) is 4.38. The van der Waals surface area contributed by atoms with Crippen molar-refractivity contribution in [2.24, 2.45) is 0 Å². The summed E-state index contributed by atoms with van der Waals surface area (Å²) < 4.78 is 0. The third kappa shape index (κ3) is 3.06. The lowest BCUT2D eigenvalue weighted by molar-refractivity contribution is -0.0120. The number of aromatic nitrogens is 3. The second-order valence-electron chi connectivity index (χ2n) is 7.15. The molecule has 26 heavy (non-hydrogen) atoms. The van der Waals surface area contributed by atoms with Crippen molar-refractivity contribution in [3.63, 3.8) is 0 Å². The molecular formula is C20H24N4O2. The van der Waals surface area contributed by atoms with Gasteiger partial charge in [0.15, 0.2) is 5.82 Å². The number of anilines is 1. The van der Waals surface area contributed by atoms with Gasteiger partial charge in [-0.15, -0.1) is 0 Å². The van der Waals surface area contributed by atoms with Gasteiger partial charge in [0.05, 0.1) is 17.6 Å². The van der Waals surface area contributed by atoms with Gasteiger partial charge < -0.3 is 20.5 Å². The Bertz CT molecular complexity index is 922. The first-order chi connectivity index (χ1) is 12.5. The second kappa shape index (κ2) is 6.70. The number of nitrogens with one attached hydrogen (secondary N) is 2. The molecule has 136 valence electrons. The van der Waals surface area contributed by atoms with Crippen LogP contribution in [0.15, 0.2) is 30.3 Å². The SMILES string of the molecule is Cc1[nH]c2nc(-c3ccccc3)nc(NC3CC[C@H](O)[C@H](O)C3)c2c1C. The summed E-state index contributed by atoms with van der Waals surface area (Å²) in [5, 5.41) is 24.3. The van der Waals surface area contributed by atoms with Crippen molar-refractivity contribution in [1.29, 1.82) is 0 Å². The Balaban J connectivity index is 1.76. The van der Waals surface area contributed by atoms with E-state index in [1.165, 1.54) is 0 Å². The Labute approximate surface area is 152 Å². The summed E-state index contributed by atoms with van der Waals surface area (Å²) in [5.41, 5.74) is 3.97. The molecule has 0 bridgehead atoms. The fraction of sp³-hybridized carbons (Fsp3) is 0.400. The van der Waals surface area contributed by atoms with E-state index in [4.69, 9.17) is 9.97 Å². The van der Waals surface area contributed by atoms with Crippen LogP contribution in [0.2, 0.25) is 0 Å². The molecule has 6 nitrogen and oxygen atoms in total. The van der Waals surface area contributed by atoms with Gasteiger partial charge in [0.2, 0.25) is 0 Å². The van der Waals surface area contributed by atoms with Crippen LogP contribution >= 0.6 is 0 Å². The predicted octanol–water partition coefficient (Wildman–Crippen LogP) is 2.93. The Morgan fingerprint density at radius 3 is 2.54 bits per heavy atom. The number of fused-ring (bicyclic) bond motifs is 1. The van der Waals surface area contributed by atoms with Crippen LogP contribution in [0.1, 0.15) is 30.5 Å². The molecule has 1 aliphatic rings. The normalized spacial score (nSPS) is 23.3. The van der Waals surface area contributed by atoms with Crippen LogP contribution in [-0.4, -0.2) is 43.4 Å². The van der Waals surface area contributed by atoms with E-state index in [9.17, 15) is 10.2 Å². The van der Waals surface area contributed by atoms with Gasteiger partial charge in [0.1, 0.15) is 11.5 Å². The van der Waals surface area contributed by atoms with Crippen LogP contribution in [0.5, 0.6) is 0 Å². The van der Waals surface area contributed by atoms with Crippen molar-refractivity contribution in [2.45, 2.75) is 51.4 Å². The van der Waals surface area contributed by atoms with E-state index in [0.717, 1.165) is 40.1 Å². The van der Waals surface area contributed by atoms with E-state index in [1.54, 1.807) is 0 Å². The van der Waals surface area contributed by atoms with Gasteiger partial charge in [0, 0.05) is 17.3 Å². The molecule has 6 heteroatoms. The lowest BCUT2D eigenvalue weighted by Gasteiger charge is -2.31. The summed E-state index contributed by atoms with van der Waals surface area (Å²) >= 11 is 0. The third-order valence-electron chi connectivity index (χ3n) is 5.31. The summed E-state index contributed by atoms with van der Waals surface area (Å²) in [5.74, 6) is 1.45. The summed E-state index contributed by atoms with van der Waals surface area (Å²) in [4.78, 5) is 12.9. The molecule has 0 aliphatic heterocycles. The first-order valence-electron chi connectivity index (χ1n) is 9.08. The zero-order valence-corrected chi connectivity index (χ0v) is 15.0. The summed E-state index contributed by atoms with van der Waals surface area (Å²) in [6, 6.07) is 9.98. The average Bonchev–Trinajstić information content (AvgIpc) is 2.93. The molecule has 2 heterocycles. The molecule has 1 saturated carbocycles. The molecule has 1 aromatic carbocycles. The van der Waals surface area contributed by atoms with E-state index >= 15 is 0 Å². The molecule has 1 unspecified atom stereocenters. The second-order valence-corrected chi connectivity index (χ2v) is 7.15. The zero-order valence-electron chi connectivity index (χ0n) is 15.0. The maximum absolute atomic E-state index is 10.0. The van der Waals surface area contributed by atoms with Gasteiger partial charge >= 0.3 is 0 Å². The van der Waals surface area contributed by atoms with Crippen LogP contribution in [0.25, 0.3) is 22.4 Å². The Morgan fingerprint density at radius 2 is 1.81 bits per heavy atom. The predicted molar refractivity (Wildman–Crippen MR) is 102 cm³/mol. The highest BCUT2D eigenvalue weighted by Gasteiger charge is 2.28. The van der Waals surface area contributed by atoms with Crippen molar-refractivity contribution >= 4 is 16.9 Å². The number of aliphatic hydroxyl groups is 2. The maximum atomic E-state index is 10.0. The van der Waals surface area contributed by atoms with Crippen LogP contribution in [-0.2, 0) is 0 Å². The standard InChI is InChI=1S/C20H24N4O2/c1-11-12(2)21-19-17(11)20(22-14-8-9-15(25)16(26)10-14)24-18(23-19)13-6-4-3-5-7-13/h3-7,14-16,25-26H,8-10H2,1-2H3,(H2,21,22,23,24)/t14?,15-,16+/m0/s1. The first kappa shape index (κ1) is 17.0. The maximum Gasteiger partial charge on any atom is 0.163 e. The summed E-state index contributed by atoms with van der Waals surface area (Å²) in [6.45, 7) is 4.09. The quantitative estimate of drug-likeness (QED) is 0.581. The van der Waals surface area contributed by atoms with Crippen molar-refractivity contribution in [3.05, 3.63) is 41.6 Å². The van der Waals surface area contributed by atoms with Gasteiger partial charge in [-0.25, -0.2) is 9.97 Å². The van der Waals surface area contributed by atoms with Crippen molar-refractivity contribution in [2.75, 3.05) is 5.32 Å². The van der Waals surface area contributed by atoms with E-state index in [0.29, 0.717) is 18.7 Å². The van der Waals surface area contributed by atoms with Gasteiger partial charge in [-0.3, -0.25) is 0 Å². The fourth-order valence-corrected chi connectivity index (χ4v) is 3.64. The third-order valence-corrected chi connectivity index (χ3v) is 5.31. The minimum absolute atomic E-state index is 0.0738. The molecular weight excluding hydrogens is 328 g/mol. The van der Waals surface area contributed by atoms with E-state index < -0.39 is 12.2 Å². The molecule has 2 aromatic heterocycles. The van der Waals surface area contributed by atoms with E-state index in [1.807, 2.05) is 37.3 Å². The molecule has 0 radical (unpaired) electrons. The van der Waals surface area contributed by atoms with E-state index in [2.05, 4.69) is 17.2 Å². The van der Waals surface area contributed by atoms with Gasteiger partial charge in [-0.05, 0) is 38.7 Å². The number of hydrogen-bond acceptors (Lipinski definition) is 5. The highest BCUT2D eigenvalue weighted by Crippen LogP contribution is 2.31. The van der Waals surface area contributed by atoms with Crippen LogP contribution in [0.3, 0.4) is 0 Å². The minimum Gasteiger partial charge on any atom is -0.390 e. The van der Waals surface area contributed by atoms with E-state index in [-0.39, 0.29) is 6.04 Å². The van der Waals surface area contributed by atoms with Crippen molar-refractivity contribution in [3.8, 4) is 11.4 Å². The largest absolute Gasteiger partial charge is 0.390 e. The molecule has 1 aliphatic carbocycles. The number of aryl methyl sites for hydroxylation is 2. The van der Waals surface area contributed by atoms with Crippen molar-refractivity contribution < 1.29 is 10.2 Å². The highest BCUT2D eigenvalue weighted by molar-refractivity contribution is 5.92.